The zero-order valence-corrected chi connectivity index (χ0v) is 12.4. The minimum atomic E-state index is -1.18. The lowest BCUT2D eigenvalue weighted by molar-refractivity contribution is -0.145. The number of hydrogen-bond donors (Lipinski definition) is 2. The Balaban J connectivity index is 4.37. The summed E-state index contributed by atoms with van der Waals surface area (Å²) in [7, 11) is 1.47. The van der Waals surface area contributed by atoms with E-state index in [1.807, 2.05) is 0 Å². The fourth-order valence-electron chi connectivity index (χ4n) is 1.46. The van der Waals surface area contributed by atoms with Gasteiger partial charge in [0.25, 0.3) is 0 Å². The molecule has 0 aromatic carbocycles. The first-order chi connectivity index (χ1) is 9.21. The molecule has 7 nitrogen and oxygen atoms in total. The van der Waals surface area contributed by atoms with E-state index < -0.39 is 29.5 Å². The molecule has 7 heteroatoms. The van der Waals surface area contributed by atoms with Gasteiger partial charge in [-0.3, -0.25) is 9.59 Å². The molecular weight excluding hydrogens is 266 g/mol. The predicted molar refractivity (Wildman–Crippen MR) is 71.1 cm³/mol. The van der Waals surface area contributed by atoms with Crippen molar-refractivity contribution >= 4 is 17.8 Å². The third-order valence-corrected chi connectivity index (χ3v) is 2.71. The quantitative estimate of drug-likeness (QED) is 0.606. The van der Waals surface area contributed by atoms with Gasteiger partial charge < -0.3 is 19.9 Å². The van der Waals surface area contributed by atoms with Gasteiger partial charge in [0.2, 0.25) is 5.91 Å². The van der Waals surface area contributed by atoms with Crippen LogP contribution in [-0.2, 0) is 23.9 Å². The van der Waals surface area contributed by atoms with E-state index in [0.29, 0.717) is 0 Å². The highest BCUT2D eigenvalue weighted by atomic mass is 16.5. The molecule has 0 aromatic heterocycles. The van der Waals surface area contributed by atoms with Crippen molar-refractivity contribution in [1.29, 1.82) is 0 Å². The van der Waals surface area contributed by atoms with Gasteiger partial charge in [-0.25, -0.2) is 4.79 Å². The van der Waals surface area contributed by atoms with E-state index in [-0.39, 0.29) is 25.9 Å². The van der Waals surface area contributed by atoms with Crippen molar-refractivity contribution in [2.45, 2.75) is 51.7 Å². The van der Waals surface area contributed by atoms with Crippen molar-refractivity contribution in [1.82, 2.24) is 5.32 Å². The molecule has 0 heterocycles. The van der Waals surface area contributed by atoms with Crippen LogP contribution in [0.15, 0.2) is 0 Å². The molecule has 0 radical (unpaired) electrons. The highest BCUT2D eigenvalue weighted by Crippen LogP contribution is 2.13. The van der Waals surface area contributed by atoms with Crippen LogP contribution in [0.1, 0.15) is 40.0 Å². The summed E-state index contributed by atoms with van der Waals surface area (Å²) >= 11 is 0. The molecule has 0 saturated heterocycles. The third-order valence-electron chi connectivity index (χ3n) is 2.71. The van der Waals surface area contributed by atoms with Gasteiger partial charge in [-0.1, -0.05) is 0 Å². The second kappa shape index (κ2) is 8.52. The first kappa shape index (κ1) is 18.4. The van der Waals surface area contributed by atoms with Crippen LogP contribution in [0.3, 0.4) is 0 Å². The van der Waals surface area contributed by atoms with Gasteiger partial charge in [0.1, 0.15) is 6.04 Å². The number of aliphatic carboxylic acids is 1. The molecular formula is C13H23NO6. The number of carbonyl (C=O) groups excluding carboxylic acids is 2. The number of esters is 1. The van der Waals surface area contributed by atoms with Crippen LogP contribution in [0.4, 0.5) is 0 Å². The average molecular weight is 289 g/mol. The first-order valence-electron chi connectivity index (χ1n) is 6.44. The van der Waals surface area contributed by atoms with Crippen LogP contribution < -0.4 is 5.32 Å². The van der Waals surface area contributed by atoms with Gasteiger partial charge in [0.15, 0.2) is 0 Å². The van der Waals surface area contributed by atoms with Gasteiger partial charge in [-0.2, -0.15) is 0 Å². The maximum atomic E-state index is 11.7. The zero-order chi connectivity index (χ0) is 15.8. The van der Waals surface area contributed by atoms with E-state index in [2.05, 4.69) is 5.32 Å². The Hall–Kier alpha value is -1.63. The zero-order valence-electron chi connectivity index (χ0n) is 12.4. The molecule has 0 aliphatic heterocycles. The Morgan fingerprint density at radius 1 is 1.30 bits per heavy atom. The van der Waals surface area contributed by atoms with Crippen LogP contribution in [-0.4, -0.2) is 48.3 Å². The van der Waals surface area contributed by atoms with Crippen molar-refractivity contribution in [3.63, 3.8) is 0 Å². The molecule has 1 atom stereocenters. The van der Waals surface area contributed by atoms with E-state index in [4.69, 9.17) is 14.6 Å². The van der Waals surface area contributed by atoms with Gasteiger partial charge in [-0.15, -0.1) is 0 Å². The third kappa shape index (κ3) is 7.73. The number of carbonyl (C=O) groups is 3. The maximum absolute atomic E-state index is 11.7. The molecule has 0 saturated carbocycles. The minimum Gasteiger partial charge on any atom is -0.480 e. The smallest absolute Gasteiger partial charge is 0.326 e. The number of carboxylic acid groups (broad SMARTS) is 1. The summed E-state index contributed by atoms with van der Waals surface area (Å²) in [6, 6.07) is -1.11. The van der Waals surface area contributed by atoms with Crippen LogP contribution in [0.5, 0.6) is 0 Å². The van der Waals surface area contributed by atoms with Gasteiger partial charge in [0, 0.05) is 13.5 Å². The standard InChI is InChI=1S/C13H23NO6/c1-5-20-11(16)7-6-9(12(17)18)14-10(15)8-13(2,3)19-4/h9H,5-8H2,1-4H3,(H,14,15)(H,17,18)/t9-/m0/s1. The van der Waals surface area contributed by atoms with Crippen molar-refractivity contribution in [2.24, 2.45) is 0 Å². The molecule has 0 aromatic rings. The number of hydrogen-bond acceptors (Lipinski definition) is 5. The summed E-state index contributed by atoms with van der Waals surface area (Å²) in [6.45, 7) is 5.36. The van der Waals surface area contributed by atoms with Crippen molar-refractivity contribution in [3.8, 4) is 0 Å². The van der Waals surface area contributed by atoms with E-state index >= 15 is 0 Å². The number of amides is 1. The molecule has 0 unspecified atom stereocenters. The SMILES string of the molecule is CCOC(=O)CC[C@H](NC(=O)CC(C)(C)OC)C(=O)O. The second-order valence-electron chi connectivity index (χ2n) is 4.94. The van der Waals surface area contributed by atoms with Crippen LogP contribution >= 0.6 is 0 Å². The Labute approximate surface area is 118 Å². The fourth-order valence-corrected chi connectivity index (χ4v) is 1.46. The van der Waals surface area contributed by atoms with E-state index in [9.17, 15) is 14.4 Å². The molecule has 0 rings (SSSR count). The van der Waals surface area contributed by atoms with E-state index in [1.54, 1.807) is 20.8 Å². The molecule has 2 N–H and O–H groups in total. The Morgan fingerprint density at radius 3 is 2.35 bits per heavy atom. The maximum Gasteiger partial charge on any atom is 0.326 e. The number of carboxylic acids is 1. The molecule has 1 amide bonds. The number of methoxy groups -OCH3 is 1. The van der Waals surface area contributed by atoms with E-state index in [1.165, 1.54) is 7.11 Å². The van der Waals surface area contributed by atoms with Crippen LogP contribution in [0.25, 0.3) is 0 Å². The second-order valence-corrected chi connectivity index (χ2v) is 4.94. The molecule has 116 valence electrons. The van der Waals surface area contributed by atoms with Gasteiger partial charge >= 0.3 is 11.9 Å². The topological polar surface area (TPSA) is 102 Å². The summed E-state index contributed by atoms with van der Waals surface area (Å²) in [5.41, 5.74) is -0.672. The Kier molecular flexibility index (Phi) is 7.83. The average Bonchev–Trinajstić information content (AvgIpc) is 2.33. The number of ether oxygens (including phenoxy) is 2. The molecule has 0 aliphatic rings. The van der Waals surface area contributed by atoms with Crippen molar-refractivity contribution in [3.05, 3.63) is 0 Å². The highest BCUT2D eigenvalue weighted by molar-refractivity contribution is 5.84. The Bertz CT molecular complexity index is 353. The monoisotopic (exact) mass is 289 g/mol. The van der Waals surface area contributed by atoms with Crippen molar-refractivity contribution in [2.75, 3.05) is 13.7 Å². The number of rotatable bonds is 9. The summed E-state index contributed by atoms with van der Waals surface area (Å²) in [6.07, 6.45) is -0.0290. The minimum absolute atomic E-state index is 0.00663. The fraction of sp³-hybridized carbons (Fsp3) is 0.769. The first-order valence-corrected chi connectivity index (χ1v) is 6.44. The summed E-state index contributed by atoms with van der Waals surface area (Å²) < 4.78 is 9.81. The number of nitrogens with one attached hydrogen (secondary N) is 1. The van der Waals surface area contributed by atoms with Gasteiger partial charge in [0.05, 0.1) is 18.6 Å². The predicted octanol–water partition coefficient (Wildman–Crippen LogP) is 0.714. The summed E-state index contributed by atoms with van der Waals surface area (Å²) in [4.78, 5) is 34.0. The van der Waals surface area contributed by atoms with Crippen molar-refractivity contribution < 1.29 is 29.0 Å². The summed E-state index contributed by atoms with van der Waals surface area (Å²) in [5, 5.41) is 11.4. The lowest BCUT2D eigenvalue weighted by atomic mass is 10.0. The van der Waals surface area contributed by atoms with E-state index in [0.717, 1.165) is 0 Å². The van der Waals surface area contributed by atoms with Crippen LogP contribution in [0.2, 0.25) is 0 Å². The lowest BCUT2D eigenvalue weighted by Crippen LogP contribution is -2.43. The molecule has 0 aliphatic carbocycles. The largest absolute Gasteiger partial charge is 0.480 e. The normalized spacial score (nSPS) is 12.6. The van der Waals surface area contributed by atoms with Gasteiger partial charge in [-0.05, 0) is 27.2 Å². The molecule has 20 heavy (non-hydrogen) atoms. The molecule has 0 fully saturated rings. The van der Waals surface area contributed by atoms with Crippen LogP contribution in [0, 0.1) is 0 Å². The summed E-state index contributed by atoms with van der Waals surface area (Å²) in [5.74, 6) is -2.10. The molecule has 0 spiro atoms. The molecule has 0 bridgehead atoms. The highest BCUT2D eigenvalue weighted by Gasteiger charge is 2.26. The Morgan fingerprint density at radius 2 is 1.90 bits per heavy atom. The lowest BCUT2D eigenvalue weighted by Gasteiger charge is -2.23.